The molecule has 1 atom stereocenters. The zero-order valence-electron chi connectivity index (χ0n) is 12.2. The number of amides is 1. The Balaban J connectivity index is 1.49. The summed E-state index contributed by atoms with van der Waals surface area (Å²) in [5, 5.41) is 0. The lowest BCUT2D eigenvalue weighted by molar-refractivity contribution is -0.134. The second-order valence-electron chi connectivity index (χ2n) is 5.61. The summed E-state index contributed by atoms with van der Waals surface area (Å²) in [4.78, 5) is 16.5. The molecule has 114 valence electrons. The summed E-state index contributed by atoms with van der Waals surface area (Å²) < 4.78 is 5.78. The van der Waals surface area contributed by atoms with E-state index in [0.29, 0.717) is 6.42 Å². The molecule has 1 aromatic rings. The molecule has 1 unspecified atom stereocenters. The predicted molar refractivity (Wildman–Crippen MR) is 85.1 cm³/mol. The van der Waals surface area contributed by atoms with Crippen LogP contribution in [-0.2, 0) is 16.1 Å². The molecule has 4 nitrogen and oxygen atoms in total. The number of carbonyl (C=O) groups excluding carboxylic acids is 1. The maximum Gasteiger partial charge on any atom is 0.225 e. The van der Waals surface area contributed by atoms with Gasteiger partial charge in [-0.1, -0.05) is 30.3 Å². The van der Waals surface area contributed by atoms with E-state index >= 15 is 0 Å². The number of nitrogens with zero attached hydrogens (tertiary/aromatic N) is 2. The van der Waals surface area contributed by atoms with Crippen molar-refractivity contribution < 1.29 is 9.53 Å². The first kappa shape index (κ1) is 14.9. The Hall–Kier alpha value is -1.04. The van der Waals surface area contributed by atoms with E-state index < -0.39 is 0 Å². The van der Waals surface area contributed by atoms with Crippen LogP contribution in [0.3, 0.4) is 0 Å². The van der Waals surface area contributed by atoms with Crippen LogP contribution < -0.4 is 0 Å². The van der Waals surface area contributed by atoms with Crippen LogP contribution >= 0.6 is 11.8 Å². The minimum absolute atomic E-state index is 0.0422. The first-order valence-electron chi connectivity index (χ1n) is 7.54. The molecule has 21 heavy (non-hydrogen) atoms. The molecule has 0 radical (unpaired) electrons. The van der Waals surface area contributed by atoms with Crippen molar-refractivity contribution in [3.63, 3.8) is 0 Å². The number of carbonyl (C=O) groups is 1. The topological polar surface area (TPSA) is 32.8 Å². The zero-order valence-corrected chi connectivity index (χ0v) is 13.1. The van der Waals surface area contributed by atoms with Gasteiger partial charge < -0.3 is 9.64 Å². The fourth-order valence-corrected chi connectivity index (χ4v) is 3.80. The third-order valence-corrected chi connectivity index (χ3v) is 4.95. The quantitative estimate of drug-likeness (QED) is 0.849. The molecular weight excluding hydrogens is 284 g/mol. The van der Waals surface area contributed by atoms with Crippen molar-refractivity contribution in [2.75, 3.05) is 37.9 Å². The minimum atomic E-state index is 0.0422. The van der Waals surface area contributed by atoms with Gasteiger partial charge in [-0.05, 0) is 5.56 Å². The van der Waals surface area contributed by atoms with Gasteiger partial charge in [0.2, 0.25) is 5.91 Å². The van der Waals surface area contributed by atoms with Crippen LogP contribution in [0.1, 0.15) is 12.0 Å². The van der Waals surface area contributed by atoms with E-state index in [0.717, 1.165) is 44.4 Å². The monoisotopic (exact) mass is 306 g/mol. The van der Waals surface area contributed by atoms with Crippen LogP contribution in [0.2, 0.25) is 0 Å². The van der Waals surface area contributed by atoms with Crippen molar-refractivity contribution in [2.24, 2.45) is 0 Å². The van der Waals surface area contributed by atoms with Gasteiger partial charge in [0.05, 0.1) is 25.0 Å². The summed E-state index contributed by atoms with van der Waals surface area (Å²) in [6.45, 7) is 4.35. The van der Waals surface area contributed by atoms with Crippen LogP contribution in [0.15, 0.2) is 30.3 Å². The fourth-order valence-electron chi connectivity index (χ4n) is 2.82. The van der Waals surface area contributed by atoms with Gasteiger partial charge in [-0.25, -0.2) is 0 Å². The number of hydrogen-bond acceptors (Lipinski definition) is 4. The molecular formula is C16H22N2O2S. The molecule has 0 aliphatic carbocycles. The van der Waals surface area contributed by atoms with Gasteiger partial charge in [0, 0.05) is 31.9 Å². The van der Waals surface area contributed by atoms with Crippen molar-refractivity contribution in [3.8, 4) is 0 Å². The normalized spacial score (nSPS) is 23.4. The van der Waals surface area contributed by atoms with Crippen LogP contribution in [-0.4, -0.2) is 59.7 Å². The maximum absolute atomic E-state index is 12.2. The Labute approximate surface area is 130 Å². The number of benzene rings is 1. The number of rotatable bonds is 4. The van der Waals surface area contributed by atoms with Crippen molar-refractivity contribution in [1.29, 1.82) is 0 Å². The van der Waals surface area contributed by atoms with Crippen LogP contribution in [0.25, 0.3) is 0 Å². The molecule has 1 aromatic carbocycles. The Bertz CT molecular complexity index is 463. The summed E-state index contributed by atoms with van der Waals surface area (Å²) in [7, 11) is 0. The van der Waals surface area contributed by atoms with Gasteiger partial charge in [0.1, 0.15) is 0 Å². The fraction of sp³-hybridized carbons (Fsp3) is 0.562. The first-order chi connectivity index (χ1) is 10.3. The third kappa shape index (κ3) is 4.22. The SMILES string of the molecule is O=C(CC1CN(Cc2ccccc2)CCO1)N1CCSC1. The molecule has 2 fully saturated rings. The van der Waals surface area contributed by atoms with E-state index in [1.54, 1.807) is 0 Å². The van der Waals surface area contributed by atoms with Crippen molar-refractivity contribution in [3.05, 3.63) is 35.9 Å². The van der Waals surface area contributed by atoms with E-state index in [2.05, 4.69) is 29.2 Å². The Morgan fingerprint density at radius 3 is 2.90 bits per heavy atom. The second-order valence-corrected chi connectivity index (χ2v) is 6.69. The predicted octanol–water partition coefficient (Wildman–Crippen LogP) is 1.81. The van der Waals surface area contributed by atoms with Gasteiger partial charge in [-0.15, -0.1) is 11.8 Å². The first-order valence-corrected chi connectivity index (χ1v) is 8.70. The standard InChI is InChI=1S/C16H22N2O2S/c19-16(18-7-9-21-13-18)10-15-12-17(6-8-20-15)11-14-4-2-1-3-5-14/h1-5,15H,6-13H2. The average Bonchev–Trinajstić information content (AvgIpc) is 3.03. The van der Waals surface area contributed by atoms with E-state index in [9.17, 15) is 4.79 Å². The average molecular weight is 306 g/mol. The number of morpholine rings is 1. The number of hydrogen-bond donors (Lipinski definition) is 0. The van der Waals surface area contributed by atoms with Crippen LogP contribution in [0.4, 0.5) is 0 Å². The summed E-state index contributed by atoms with van der Waals surface area (Å²) in [5.41, 5.74) is 1.32. The molecule has 1 amide bonds. The molecule has 0 N–H and O–H groups in total. The van der Waals surface area contributed by atoms with Gasteiger partial charge in [0.15, 0.2) is 0 Å². The molecule has 2 aliphatic rings. The molecule has 0 bridgehead atoms. The molecule has 2 saturated heterocycles. The Morgan fingerprint density at radius 2 is 2.14 bits per heavy atom. The Kier molecular flexibility index (Phi) is 5.17. The highest BCUT2D eigenvalue weighted by Gasteiger charge is 2.26. The second kappa shape index (κ2) is 7.29. The van der Waals surface area contributed by atoms with Crippen LogP contribution in [0, 0.1) is 0 Å². The maximum atomic E-state index is 12.2. The van der Waals surface area contributed by atoms with Crippen molar-refractivity contribution in [2.45, 2.75) is 19.1 Å². The summed E-state index contributed by atoms with van der Waals surface area (Å²) in [6.07, 6.45) is 0.562. The molecule has 0 saturated carbocycles. The molecule has 0 spiro atoms. The van der Waals surface area contributed by atoms with Gasteiger partial charge >= 0.3 is 0 Å². The zero-order chi connectivity index (χ0) is 14.5. The summed E-state index contributed by atoms with van der Waals surface area (Å²) in [5.74, 6) is 2.16. The van der Waals surface area contributed by atoms with E-state index in [1.165, 1.54) is 5.56 Å². The highest BCUT2D eigenvalue weighted by molar-refractivity contribution is 7.99. The number of ether oxygens (including phenoxy) is 1. The molecule has 2 aliphatic heterocycles. The molecule has 0 aromatic heterocycles. The summed E-state index contributed by atoms with van der Waals surface area (Å²) >= 11 is 1.83. The molecule has 2 heterocycles. The lowest BCUT2D eigenvalue weighted by Crippen LogP contribution is -2.44. The lowest BCUT2D eigenvalue weighted by Gasteiger charge is -2.33. The largest absolute Gasteiger partial charge is 0.375 e. The van der Waals surface area contributed by atoms with Crippen LogP contribution in [0.5, 0.6) is 0 Å². The van der Waals surface area contributed by atoms with Gasteiger partial charge in [0.25, 0.3) is 0 Å². The van der Waals surface area contributed by atoms with Gasteiger partial charge in [-0.2, -0.15) is 0 Å². The third-order valence-electron chi connectivity index (χ3n) is 3.98. The Morgan fingerprint density at radius 1 is 1.29 bits per heavy atom. The molecule has 5 heteroatoms. The minimum Gasteiger partial charge on any atom is -0.375 e. The lowest BCUT2D eigenvalue weighted by atomic mass is 10.1. The van der Waals surface area contributed by atoms with E-state index in [1.807, 2.05) is 22.7 Å². The molecule has 3 rings (SSSR count). The van der Waals surface area contributed by atoms with E-state index in [-0.39, 0.29) is 12.0 Å². The van der Waals surface area contributed by atoms with Crippen molar-refractivity contribution in [1.82, 2.24) is 9.80 Å². The van der Waals surface area contributed by atoms with Gasteiger partial charge in [-0.3, -0.25) is 9.69 Å². The highest BCUT2D eigenvalue weighted by atomic mass is 32.2. The highest BCUT2D eigenvalue weighted by Crippen LogP contribution is 2.17. The van der Waals surface area contributed by atoms with E-state index in [4.69, 9.17) is 4.74 Å². The summed E-state index contributed by atoms with van der Waals surface area (Å²) in [6, 6.07) is 10.5. The number of thioether (sulfide) groups is 1. The van der Waals surface area contributed by atoms with Crippen molar-refractivity contribution >= 4 is 17.7 Å². The smallest absolute Gasteiger partial charge is 0.225 e.